The second kappa shape index (κ2) is 10.0. The summed E-state index contributed by atoms with van der Waals surface area (Å²) in [5.41, 5.74) is 1.76. The molecule has 7 nitrogen and oxygen atoms in total. The number of aryl methyl sites for hydroxylation is 1. The van der Waals surface area contributed by atoms with E-state index in [-0.39, 0.29) is 29.9 Å². The second-order valence-electron chi connectivity index (χ2n) is 6.21. The van der Waals surface area contributed by atoms with Crippen molar-refractivity contribution >= 4 is 21.9 Å². The highest BCUT2D eigenvalue weighted by molar-refractivity contribution is 7.89. The average Bonchev–Trinajstić information content (AvgIpc) is 2.71. The largest absolute Gasteiger partial charge is 0.456 e. The first kappa shape index (κ1) is 21.6. The molecule has 150 valence electrons. The van der Waals surface area contributed by atoms with Crippen LogP contribution in [0.3, 0.4) is 0 Å². The minimum atomic E-state index is -3.48. The Hall–Kier alpha value is -2.71. The van der Waals surface area contributed by atoms with Gasteiger partial charge >= 0.3 is 5.97 Å². The van der Waals surface area contributed by atoms with Gasteiger partial charge in [-0.05, 0) is 43.7 Å². The number of amides is 1. The summed E-state index contributed by atoms with van der Waals surface area (Å²) in [6.07, 6.45) is 0.487. The zero-order chi connectivity index (χ0) is 20.6. The number of hydrogen-bond acceptors (Lipinski definition) is 5. The third-order valence-corrected chi connectivity index (χ3v) is 5.59. The lowest BCUT2D eigenvalue weighted by atomic mass is 10.1. The Morgan fingerprint density at radius 2 is 1.68 bits per heavy atom. The van der Waals surface area contributed by atoms with Crippen LogP contribution in [0.1, 0.15) is 30.5 Å². The number of ether oxygens (including phenoxy) is 1. The molecule has 8 heteroatoms. The Bertz CT molecular complexity index is 896. The summed E-state index contributed by atoms with van der Waals surface area (Å²) >= 11 is 0. The Morgan fingerprint density at radius 3 is 2.29 bits per heavy atom. The van der Waals surface area contributed by atoms with Crippen molar-refractivity contribution in [1.82, 2.24) is 10.0 Å². The van der Waals surface area contributed by atoms with E-state index in [0.717, 1.165) is 11.1 Å². The van der Waals surface area contributed by atoms with Crippen LogP contribution in [0.15, 0.2) is 59.5 Å². The molecule has 0 aliphatic rings. The molecule has 2 N–H and O–H groups in total. The molecular weight excluding hydrogens is 380 g/mol. The molecule has 0 saturated heterocycles. The summed E-state index contributed by atoms with van der Waals surface area (Å²) < 4.78 is 30.6. The highest BCUT2D eigenvalue weighted by Gasteiger charge is 2.13. The fourth-order valence-corrected chi connectivity index (χ4v) is 3.26. The molecule has 0 aliphatic heterocycles. The minimum absolute atomic E-state index is 0.0969. The molecule has 0 aromatic heterocycles. The smallest absolute Gasteiger partial charge is 0.306 e. The van der Waals surface area contributed by atoms with Gasteiger partial charge in [-0.15, -0.1) is 0 Å². The summed E-state index contributed by atoms with van der Waals surface area (Å²) in [7, 11) is -2.14. The van der Waals surface area contributed by atoms with Gasteiger partial charge in [0.2, 0.25) is 10.0 Å². The predicted molar refractivity (Wildman–Crippen MR) is 105 cm³/mol. The first-order chi connectivity index (χ1) is 13.3. The molecule has 1 unspecified atom stereocenters. The number of esters is 1. The molecule has 0 aliphatic carbocycles. The lowest BCUT2D eigenvalue weighted by Crippen LogP contribution is -2.31. The van der Waals surface area contributed by atoms with Gasteiger partial charge in [0.25, 0.3) is 5.91 Å². The summed E-state index contributed by atoms with van der Waals surface area (Å²) in [6, 6.07) is 15.5. The maximum atomic E-state index is 11.9. The topological polar surface area (TPSA) is 102 Å². The molecule has 28 heavy (non-hydrogen) atoms. The van der Waals surface area contributed by atoms with Gasteiger partial charge in [0.05, 0.1) is 10.9 Å². The van der Waals surface area contributed by atoms with Crippen molar-refractivity contribution in [2.75, 3.05) is 13.7 Å². The Labute approximate surface area is 165 Å². The van der Waals surface area contributed by atoms with Crippen LogP contribution in [0.2, 0.25) is 0 Å². The van der Waals surface area contributed by atoms with Crippen molar-refractivity contribution in [3.8, 4) is 0 Å². The zero-order valence-corrected chi connectivity index (χ0v) is 16.7. The quantitative estimate of drug-likeness (QED) is 0.622. The highest BCUT2D eigenvalue weighted by Crippen LogP contribution is 2.12. The lowest BCUT2D eigenvalue weighted by Gasteiger charge is -2.14. The van der Waals surface area contributed by atoms with Crippen LogP contribution in [-0.2, 0) is 30.8 Å². The van der Waals surface area contributed by atoms with Gasteiger partial charge in [0, 0.05) is 6.42 Å². The average molecular weight is 404 g/mol. The van der Waals surface area contributed by atoms with E-state index in [2.05, 4.69) is 10.0 Å². The fourth-order valence-electron chi connectivity index (χ4n) is 2.53. The number of carbonyl (C=O) groups excluding carboxylic acids is 2. The Kier molecular flexibility index (Phi) is 7.71. The number of carbonyl (C=O) groups is 2. The van der Waals surface area contributed by atoms with Crippen molar-refractivity contribution in [2.45, 2.75) is 30.7 Å². The maximum Gasteiger partial charge on any atom is 0.306 e. The van der Waals surface area contributed by atoms with Crippen LogP contribution < -0.4 is 10.0 Å². The molecule has 0 fully saturated rings. The molecular formula is C20H24N2O5S. The van der Waals surface area contributed by atoms with Crippen LogP contribution in [0, 0.1) is 0 Å². The summed E-state index contributed by atoms with van der Waals surface area (Å²) in [6.45, 7) is 1.52. The van der Waals surface area contributed by atoms with Crippen LogP contribution >= 0.6 is 0 Å². The Balaban J connectivity index is 1.74. The monoisotopic (exact) mass is 404 g/mol. The first-order valence-corrected chi connectivity index (χ1v) is 10.3. The summed E-state index contributed by atoms with van der Waals surface area (Å²) in [4.78, 5) is 23.9. The van der Waals surface area contributed by atoms with E-state index in [0.29, 0.717) is 6.42 Å². The van der Waals surface area contributed by atoms with Gasteiger partial charge in [0.15, 0.2) is 6.61 Å². The number of rotatable bonds is 9. The zero-order valence-electron chi connectivity index (χ0n) is 15.8. The molecule has 0 heterocycles. The number of hydrogen-bond donors (Lipinski definition) is 2. The van der Waals surface area contributed by atoms with Gasteiger partial charge in [-0.25, -0.2) is 13.1 Å². The van der Waals surface area contributed by atoms with Crippen LogP contribution in [0.25, 0.3) is 0 Å². The van der Waals surface area contributed by atoms with Crippen molar-refractivity contribution < 1.29 is 22.7 Å². The molecule has 0 spiro atoms. The highest BCUT2D eigenvalue weighted by atomic mass is 32.2. The van der Waals surface area contributed by atoms with Crippen molar-refractivity contribution in [3.63, 3.8) is 0 Å². The van der Waals surface area contributed by atoms with Crippen LogP contribution in [0.4, 0.5) is 0 Å². The van der Waals surface area contributed by atoms with E-state index in [4.69, 9.17) is 4.74 Å². The van der Waals surface area contributed by atoms with Crippen molar-refractivity contribution in [3.05, 3.63) is 65.7 Å². The van der Waals surface area contributed by atoms with Crippen LogP contribution in [-0.4, -0.2) is 33.9 Å². The molecule has 1 atom stereocenters. The lowest BCUT2D eigenvalue weighted by molar-refractivity contribution is -0.148. The number of nitrogens with one attached hydrogen (secondary N) is 2. The third-order valence-electron chi connectivity index (χ3n) is 4.16. The van der Waals surface area contributed by atoms with Gasteiger partial charge in [-0.1, -0.05) is 42.5 Å². The standard InChI is InChI=1S/C20H24N2O5S/c1-15(17-6-4-3-5-7-17)22-19(23)14-27-20(24)13-10-16-8-11-18(12-9-16)28(25,26)21-2/h3-9,11-12,15,21H,10,13-14H2,1-2H3,(H,22,23). The fraction of sp³-hybridized carbons (Fsp3) is 0.300. The van der Waals surface area contributed by atoms with Gasteiger partial charge in [-0.3, -0.25) is 9.59 Å². The molecule has 0 saturated carbocycles. The first-order valence-electron chi connectivity index (χ1n) is 8.84. The number of benzene rings is 2. The molecule has 0 radical (unpaired) electrons. The van der Waals surface area contributed by atoms with E-state index < -0.39 is 16.0 Å². The molecule has 0 bridgehead atoms. The number of sulfonamides is 1. The van der Waals surface area contributed by atoms with Gasteiger partial charge in [0.1, 0.15) is 0 Å². The van der Waals surface area contributed by atoms with E-state index in [1.807, 2.05) is 37.3 Å². The third kappa shape index (κ3) is 6.47. The van der Waals surface area contributed by atoms with E-state index in [9.17, 15) is 18.0 Å². The summed E-state index contributed by atoms with van der Waals surface area (Å²) in [5.74, 6) is -0.860. The summed E-state index contributed by atoms with van der Waals surface area (Å²) in [5, 5.41) is 2.77. The molecule has 2 aromatic rings. The van der Waals surface area contributed by atoms with E-state index >= 15 is 0 Å². The minimum Gasteiger partial charge on any atom is -0.456 e. The van der Waals surface area contributed by atoms with Crippen molar-refractivity contribution in [2.24, 2.45) is 0 Å². The normalized spacial score (nSPS) is 12.2. The van der Waals surface area contributed by atoms with E-state index in [1.54, 1.807) is 12.1 Å². The molecule has 1 amide bonds. The van der Waals surface area contributed by atoms with Gasteiger partial charge < -0.3 is 10.1 Å². The SMILES string of the molecule is CNS(=O)(=O)c1ccc(CCC(=O)OCC(=O)NC(C)c2ccccc2)cc1. The Morgan fingerprint density at radius 1 is 1.04 bits per heavy atom. The predicted octanol–water partition coefficient (Wildman–Crippen LogP) is 1.95. The van der Waals surface area contributed by atoms with Gasteiger partial charge in [-0.2, -0.15) is 0 Å². The maximum absolute atomic E-state index is 11.9. The second-order valence-corrected chi connectivity index (χ2v) is 8.10. The molecule has 2 rings (SSSR count). The van der Waals surface area contributed by atoms with E-state index in [1.165, 1.54) is 19.2 Å². The van der Waals surface area contributed by atoms with Crippen molar-refractivity contribution in [1.29, 1.82) is 0 Å². The van der Waals surface area contributed by atoms with Crippen LogP contribution in [0.5, 0.6) is 0 Å². The molecule has 2 aromatic carbocycles.